The summed E-state index contributed by atoms with van der Waals surface area (Å²) in [4.78, 5) is 34.0. The van der Waals surface area contributed by atoms with Crippen LogP contribution in [0.25, 0.3) is 0 Å². The van der Waals surface area contributed by atoms with Crippen molar-refractivity contribution in [3.63, 3.8) is 0 Å². The van der Waals surface area contributed by atoms with Gasteiger partial charge < -0.3 is 5.32 Å². The van der Waals surface area contributed by atoms with Gasteiger partial charge in [-0.25, -0.2) is 4.39 Å². The summed E-state index contributed by atoms with van der Waals surface area (Å²) >= 11 is 0. The van der Waals surface area contributed by atoms with Gasteiger partial charge in [0, 0.05) is 18.3 Å². The van der Waals surface area contributed by atoms with Crippen LogP contribution in [0.4, 0.5) is 4.39 Å². The molecule has 3 unspecified atom stereocenters. The number of aliphatic imine (C=N–C) groups is 2. The molecular formula is C25H30FN3O2. The predicted molar refractivity (Wildman–Crippen MR) is 118 cm³/mol. The minimum atomic E-state index is -0.298. The van der Waals surface area contributed by atoms with Crippen LogP contribution in [0.15, 0.2) is 28.2 Å². The maximum absolute atomic E-state index is 14.4. The Hall–Kier alpha value is -2.37. The highest BCUT2D eigenvalue weighted by Crippen LogP contribution is 2.62. The van der Waals surface area contributed by atoms with E-state index in [-0.39, 0.29) is 29.0 Å². The van der Waals surface area contributed by atoms with Crippen LogP contribution >= 0.6 is 0 Å². The number of nitrogens with zero attached hydrogens (tertiary/aromatic N) is 2. The first-order valence-electron chi connectivity index (χ1n) is 11.6. The highest BCUT2D eigenvalue weighted by Gasteiger charge is 2.58. The average Bonchev–Trinajstić information content (AvgIpc) is 3.03. The number of carbonyl (C=O) groups is 2. The van der Waals surface area contributed by atoms with Crippen molar-refractivity contribution in [3.8, 4) is 0 Å². The molecule has 0 radical (unpaired) electrons. The molecule has 5 atom stereocenters. The summed E-state index contributed by atoms with van der Waals surface area (Å²) in [5.41, 5.74) is 1.74. The number of fused-ring (bicyclic) bond motifs is 5. The van der Waals surface area contributed by atoms with E-state index < -0.39 is 0 Å². The molecule has 31 heavy (non-hydrogen) atoms. The molecule has 1 heterocycles. The third-order valence-electron chi connectivity index (χ3n) is 8.30. The Morgan fingerprint density at radius 2 is 2.16 bits per heavy atom. The van der Waals surface area contributed by atoms with Crippen LogP contribution in [-0.4, -0.2) is 36.8 Å². The Balaban J connectivity index is 1.33. The molecule has 0 saturated heterocycles. The molecule has 1 aliphatic heterocycles. The number of Topliss-reactive ketones (excluding diaryl/α,β-unsaturated/α-hetero) is 1. The lowest BCUT2D eigenvalue weighted by Gasteiger charge is -2.50. The van der Waals surface area contributed by atoms with Crippen molar-refractivity contribution in [3.05, 3.63) is 35.1 Å². The van der Waals surface area contributed by atoms with E-state index in [0.717, 1.165) is 36.8 Å². The fourth-order valence-electron chi connectivity index (χ4n) is 6.91. The minimum absolute atomic E-state index is 0.0587. The van der Waals surface area contributed by atoms with Crippen molar-refractivity contribution in [1.29, 1.82) is 0 Å². The number of hydrogen-bond donors (Lipinski definition) is 1. The molecule has 1 aromatic rings. The largest absolute Gasteiger partial charge is 0.310 e. The summed E-state index contributed by atoms with van der Waals surface area (Å²) in [6.07, 6.45) is 6.77. The first-order chi connectivity index (χ1) is 15.0. The maximum Gasteiger partial charge on any atom is 0.225 e. The Bertz CT molecular complexity index is 972. The molecule has 2 fully saturated rings. The summed E-state index contributed by atoms with van der Waals surface area (Å²) in [6.45, 7) is 3.42. The number of amidine groups is 1. The lowest BCUT2D eigenvalue weighted by Crippen LogP contribution is -2.44. The van der Waals surface area contributed by atoms with Crippen LogP contribution < -0.4 is 5.32 Å². The van der Waals surface area contributed by atoms with E-state index in [2.05, 4.69) is 28.3 Å². The van der Waals surface area contributed by atoms with Crippen LogP contribution in [0.5, 0.6) is 0 Å². The third kappa shape index (κ3) is 3.54. The van der Waals surface area contributed by atoms with Gasteiger partial charge in [-0.3, -0.25) is 19.6 Å². The highest BCUT2D eigenvalue weighted by molar-refractivity contribution is 6.33. The monoisotopic (exact) mass is 423 g/mol. The molecule has 164 valence electrons. The van der Waals surface area contributed by atoms with Gasteiger partial charge in [-0.05, 0) is 73.0 Å². The van der Waals surface area contributed by atoms with E-state index in [1.54, 1.807) is 12.3 Å². The fraction of sp³-hybridized carbons (Fsp3) is 0.600. The van der Waals surface area contributed by atoms with E-state index in [1.165, 1.54) is 0 Å². The van der Waals surface area contributed by atoms with Crippen molar-refractivity contribution in [2.45, 2.75) is 57.8 Å². The molecule has 5 nitrogen and oxygen atoms in total. The van der Waals surface area contributed by atoms with E-state index >= 15 is 0 Å². The molecule has 1 aromatic carbocycles. The Morgan fingerprint density at radius 1 is 1.29 bits per heavy atom. The standard InChI is InChI=1S/C25H30FN3O2/c1-25-10-9-17-16-3-2-4-20(26)18(16)6-7-19(17)24(25)15(13-21(25)30)5-8-23(31)29-22-14-27-11-12-28-22/h2-4,14-15,17,19,24H,5-13H2,1H3,(H,28,29,31)/t15-,17?,19?,24?,25-/m1/s1. The molecule has 0 aromatic heterocycles. The van der Waals surface area contributed by atoms with E-state index in [9.17, 15) is 14.0 Å². The fourth-order valence-corrected chi connectivity index (χ4v) is 6.91. The summed E-state index contributed by atoms with van der Waals surface area (Å²) in [6, 6.07) is 5.47. The van der Waals surface area contributed by atoms with Crippen molar-refractivity contribution in [1.82, 2.24) is 5.32 Å². The highest BCUT2D eigenvalue weighted by atomic mass is 19.1. The molecular weight excluding hydrogens is 393 g/mol. The second-order valence-corrected chi connectivity index (χ2v) is 9.88. The number of halogens is 1. The number of amides is 1. The SMILES string of the molecule is C[C@]12CCC3c4cccc(F)c4CCC3C1[C@H](CCC(=O)NC1=NCCN=C1)CC2=O. The molecule has 2 saturated carbocycles. The van der Waals surface area contributed by atoms with Gasteiger partial charge >= 0.3 is 0 Å². The average molecular weight is 424 g/mol. The number of nitrogens with one attached hydrogen (secondary N) is 1. The van der Waals surface area contributed by atoms with Crippen molar-refractivity contribution < 1.29 is 14.0 Å². The van der Waals surface area contributed by atoms with Gasteiger partial charge in [-0.15, -0.1) is 0 Å². The predicted octanol–water partition coefficient (Wildman–Crippen LogP) is 3.86. The molecule has 4 aliphatic rings. The molecule has 6 heteroatoms. The second kappa shape index (κ2) is 7.95. The maximum atomic E-state index is 14.4. The molecule has 0 bridgehead atoms. The molecule has 1 N–H and O–H groups in total. The van der Waals surface area contributed by atoms with E-state index in [0.29, 0.717) is 55.8 Å². The Labute approximate surface area is 182 Å². The molecule has 3 aliphatic carbocycles. The zero-order valence-electron chi connectivity index (χ0n) is 18.1. The van der Waals surface area contributed by atoms with Crippen molar-refractivity contribution in [2.75, 3.05) is 13.1 Å². The lowest BCUT2D eigenvalue weighted by molar-refractivity contribution is -0.129. The van der Waals surface area contributed by atoms with E-state index in [4.69, 9.17) is 0 Å². The lowest BCUT2D eigenvalue weighted by atomic mass is 9.54. The van der Waals surface area contributed by atoms with Gasteiger partial charge in [-0.1, -0.05) is 19.1 Å². The second-order valence-electron chi connectivity index (χ2n) is 9.88. The van der Waals surface area contributed by atoms with Gasteiger partial charge in [0.25, 0.3) is 0 Å². The summed E-state index contributed by atoms with van der Waals surface area (Å²) < 4.78 is 14.4. The first kappa shape index (κ1) is 20.5. The molecule has 5 rings (SSSR count). The van der Waals surface area contributed by atoms with Crippen molar-refractivity contribution >= 4 is 23.7 Å². The molecule has 1 amide bonds. The number of rotatable bonds is 3. The Morgan fingerprint density at radius 3 is 2.97 bits per heavy atom. The van der Waals surface area contributed by atoms with Crippen LogP contribution in [-0.2, 0) is 16.0 Å². The third-order valence-corrected chi connectivity index (χ3v) is 8.30. The topological polar surface area (TPSA) is 70.9 Å². The van der Waals surface area contributed by atoms with Gasteiger partial charge in [0.2, 0.25) is 5.91 Å². The zero-order valence-corrected chi connectivity index (χ0v) is 18.1. The molecule has 0 spiro atoms. The van der Waals surface area contributed by atoms with E-state index in [1.807, 2.05) is 6.07 Å². The normalized spacial score (nSPS) is 33.9. The summed E-state index contributed by atoms with van der Waals surface area (Å²) in [5, 5.41) is 2.85. The van der Waals surface area contributed by atoms with Gasteiger partial charge in [0.1, 0.15) is 17.4 Å². The summed E-state index contributed by atoms with van der Waals surface area (Å²) in [7, 11) is 0. The van der Waals surface area contributed by atoms with Gasteiger partial charge in [-0.2, -0.15) is 0 Å². The zero-order chi connectivity index (χ0) is 21.6. The van der Waals surface area contributed by atoms with Crippen LogP contribution in [0.1, 0.15) is 62.5 Å². The quantitative estimate of drug-likeness (QED) is 0.802. The van der Waals surface area contributed by atoms with Gasteiger partial charge in [0.15, 0.2) is 0 Å². The van der Waals surface area contributed by atoms with Crippen molar-refractivity contribution in [2.24, 2.45) is 33.2 Å². The number of ketones is 1. The summed E-state index contributed by atoms with van der Waals surface area (Å²) in [5.74, 6) is 1.95. The Kier molecular flexibility index (Phi) is 5.27. The first-order valence-corrected chi connectivity index (χ1v) is 11.6. The van der Waals surface area contributed by atoms with Crippen LogP contribution in [0.3, 0.4) is 0 Å². The van der Waals surface area contributed by atoms with Crippen LogP contribution in [0, 0.1) is 29.0 Å². The van der Waals surface area contributed by atoms with Gasteiger partial charge in [0.05, 0.1) is 19.3 Å². The van der Waals surface area contributed by atoms with Crippen LogP contribution in [0.2, 0.25) is 0 Å². The number of carbonyl (C=O) groups excluding carboxylic acids is 2. The smallest absolute Gasteiger partial charge is 0.225 e. The minimum Gasteiger partial charge on any atom is -0.310 e. The number of hydrogen-bond acceptors (Lipinski definition) is 4. The number of benzene rings is 1.